The molecular formula is C22H27N3O3. The van der Waals surface area contributed by atoms with Gasteiger partial charge in [0.05, 0.1) is 31.3 Å². The van der Waals surface area contributed by atoms with Crippen LogP contribution >= 0.6 is 0 Å². The van der Waals surface area contributed by atoms with Crippen LogP contribution in [0.25, 0.3) is 0 Å². The van der Waals surface area contributed by atoms with Crippen LogP contribution in [0.2, 0.25) is 0 Å². The van der Waals surface area contributed by atoms with Gasteiger partial charge in [0.2, 0.25) is 0 Å². The van der Waals surface area contributed by atoms with Crippen molar-refractivity contribution in [2.24, 2.45) is 11.1 Å². The van der Waals surface area contributed by atoms with E-state index >= 15 is 0 Å². The van der Waals surface area contributed by atoms with Crippen molar-refractivity contribution in [3.63, 3.8) is 0 Å². The fraction of sp³-hybridized carbons (Fsp3) is 0.455. The Morgan fingerprint density at radius 3 is 2.64 bits per heavy atom. The third-order valence-electron chi connectivity index (χ3n) is 5.46. The zero-order chi connectivity index (χ0) is 20.5. The second kappa shape index (κ2) is 7.69. The second-order valence-electron chi connectivity index (χ2n) is 8.03. The number of nitriles is 1. The van der Waals surface area contributed by atoms with E-state index in [0.717, 1.165) is 11.3 Å². The molecule has 28 heavy (non-hydrogen) atoms. The maximum atomic E-state index is 13.3. The summed E-state index contributed by atoms with van der Waals surface area (Å²) in [5.74, 6) is 0.575. The van der Waals surface area contributed by atoms with Crippen LogP contribution < -0.4 is 10.5 Å². The summed E-state index contributed by atoms with van der Waals surface area (Å²) < 4.78 is 10.8. The summed E-state index contributed by atoms with van der Waals surface area (Å²) >= 11 is 0. The summed E-state index contributed by atoms with van der Waals surface area (Å²) in [5.41, 5.74) is 9.03. The van der Waals surface area contributed by atoms with Crippen molar-refractivity contribution >= 4 is 5.78 Å². The molecule has 3 rings (SSSR count). The molecule has 1 atom stereocenters. The fourth-order valence-corrected chi connectivity index (χ4v) is 4.23. The molecule has 0 radical (unpaired) electrons. The minimum absolute atomic E-state index is 0.0600. The number of carbonyl (C=O) groups is 1. The van der Waals surface area contributed by atoms with E-state index in [1.165, 1.54) is 0 Å². The predicted octanol–water partition coefficient (Wildman–Crippen LogP) is 3.08. The topological polar surface area (TPSA) is 88.6 Å². The molecule has 0 aromatic heterocycles. The van der Waals surface area contributed by atoms with Gasteiger partial charge in [0.1, 0.15) is 11.6 Å². The number of rotatable bonds is 5. The summed E-state index contributed by atoms with van der Waals surface area (Å²) in [5, 5.41) is 9.96. The summed E-state index contributed by atoms with van der Waals surface area (Å²) in [6, 6.07) is 9.76. The van der Waals surface area contributed by atoms with Gasteiger partial charge in [0.15, 0.2) is 5.78 Å². The van der Waals surface area contributed by atoms with Crippen LogP contribution in [0.5, 0.6) is 5.75 Å². The number of benzene rings is 1. The standard InChI is InChI=1S/C22H27N3O3/c1-22(2)11-16-20(17(26)12-22)19(14-7-5-6-8-18(14)28-4)15(13-23)21(24)25(16)9-10-27-3/h5-8,19H,9-12,24H2,1-4H3/t19-/m1/s1. The molecule has 1 aromatic carbocycles. The number of methoxy groups -OCH3 is 2. The number of para-hydroxylation sites is 1. The highest BCUT2D eigenvalue weighted by atomic mass is 16.5. The lowest BCUT2D eigenvalue weighted by Crippen LogP contribution is -2.43. The number of Topliss-reactive ketones (excluding diaryl/α,β-unsaturated/α-hetero) is 1. The highest BCUT2D eigenvalue weighted by Crippen LogP contribution is 2.50. The maximum absolute atomic E-state index is 13.3. The molecule has 1 aromatic rings. The smallest absolute Gasteiger partial charge is 0.162 e. The van der Waals surface area contributed by atoms with Crippen molar-refractivity contribution < 1.29 is 14.3 Å². The summed E-state index contributed by atoms with van der Waals surface area (Å²) in [7, 11) is 3.21. The Labute approximate surface area is 166 Å². The molecule has 1 aliphatic carbocycles. The number of nitrogens with two attached hydrogens (primary N) is 1. The van der Waals surface area contributed by atoms with Crippen molar-refractivity contribution in [2.45, 2.75) is 32.6 Å². The van der Waals surface area contributed by atoms with E-state index in [1.807, 2.05) is 29.2 Å². The highest BCUT2D eigenvalue weighted by Gasteiger charge is 2.44. The Hall–Kier alpha value is -2.78. The third kappa shape index (κ3) is 3.38. The molecule has 0 unspecified atom stereocenters. The molecule has 0 spiro atoms. The minimum atomic E-state index is -0.515. The van der Waals surface area contributed by atoms with Gasteiger partial charge in [0, 0.05) is 36.9 Å². The van der Waals surface area contributed by atoms with Crippen molar-refractivity contribution in [3.8, 4) is 11.8 Å². The number of ketones is 1. The van der Waals surface area contributed by atoms with Crippen LogP contribution in [-0.4, -0.2) is 38.1 Å². The van der Waals surface area contributed by atoms with E-state index in [1.54, 1.807) is 14.2 Å². The first-order valence-corrected chi connectivity index (χ1v) is 9.40. The molecule has 6 nitrogen and oxygen atoms in total. The lowest BCUT2D eigenvalue weighted by atomic mass is 9.68. The second-order valence-corrected chi connectivity index (χ2v) is 8.03. The minimum Gasteiger partial charge on any atom is -0.496 e. The zero-order valence-corrected chi connectivity index (χ0v) is 16.9. The Morgan fingerprint density at radius 2 is 2.00 bits per heavy atom. The largest absolute Gasteiger partial charge is 0.496 e. The molecule has 0 amide bonds. The molecule has 0 saturated carbocycles. The predicted molar refractivity (Wildman–Crippen MR) is 106 cm³/mol. The Kier molecular flexibility index (Phi) is 5.48. The van der Waals surface area contributed by atoms with Crippen LogP contribution in [-0.2, 0) is 9.53 Å². The average molecular weight is 381 g/mol. The van der Waals surface area contributed by atoms with Gasteiger partial charge in [-0.15, -0.1) is 0 Å². The van der Waals surface area contributed by atoms with E-state index in [2.05, 4.69) is 19.9 Å². The first-order chi connectivity index (χ1) is 13.3. The van der Waals surface area contributed by atoms with Gasteiger partial charge in [-0.1, -0.05) is 32.0 Å². The lowest BCUT2D eigenvalue weighted by Gasteiger charge is -2.43. The molecule has 0 fully saturated rings. The van der Waals surface area contributed by atoms with E-state index in [0.29, 0.717) is 48.7 Å². The average Bonchev–Trinajstić information content (AvgIpc) is 2.65. The maximum Gasteiger partial charge on any atom is 0.162 e. The van der Waals surface area contributed by atoms with Crippen molar-refractivity contribution in [2.75, 3.05) is 27.4 Å². The Bertz CT molecular complexity index is 893. The molecule has 6 heteroatoms. The van der Waals surface area contributed by atoms with Gasteiger partial charge in [-0.2, -0.15) is 5.26 Å². The normalized spacial score (nSPS) is 21.5. The SMILES string of the molecule is COCCN1C(N)=C(C#N)[C@@H](c2ccccc2OC)C2=C1CC(C)(C)CC2=O. The first-order valence-electron chi connectivity index (χ1n) is 9.40. The van der Waals surface area contributed by atoms with Crippen LogP contribution in [0.3, 0.4) is 0 Å². The number of hydrogen-bond donors (Lipinski definition) is 1. The van der Waals surface area contributed by atoms with Gasteiger partial charge in [-0.25, -0.2) is 0 Å². The number of nitrogens with zero attached hydrogens (tertiary/aromatic N) is 2. The molecule has 0 saturated heterocycles. The van der Waals surface area contributed by atoms with E-state index in [-0.39, 0.29) is 11.2 Å². The lowest BCUT2D eigenvalue weighted by molar-refractivity contribution is -0.118. The Morgan fingerprint density at radius 1 is 1.29 bits per heavy atom. The van der Waals surface area contributed by atoms with Gasteiger partial charge >= 0.3 is 0 Å². The number of allylic oxidation sites excluding steroid dienone is 3. The van der Waals surface area contributed by atoms with Gasteiger partial charge in [-0.05, 0) is 17.9 Å². The van der Waals surface area contributed by atoms with E-state index < -0.39 is 5.92 Å². The molecular weight excluding hydrogens is 354 g/mol. The van der Waals surface area contributed by atoms with Gasteiger partial charge < -0.3 is 20.1 Å². The zero-order valence-electron chi connectivity index (χ0n) is 16.9. The quantitative estimate of drug-likeness (QED) is 0.843. The number of carbonyl (C=O) groups excluding carboxylic acids is 1. The van der Waals surface area contributed by atoms with E-state index in [4.69, 9.17) is 15.2 Å². The first kappa shape index (κ1) is 20.0. The van der Waals surface area contributed by atoms with Crippen LogP contribution in [0, 0.1) is 16.7 Å². The van der Waals surface area contributed by atoms with Crippen LogP contribution in [0.15, 0.2) is 46.9 Å². The van der Waals surface area contributed by atoms with Crippen molar-refractivity contribution in [1.29, 1.82) is 5.26 Å². The number of ether oxygens (including phenoxy) is 2. The monoisotopic (exact) mass is 381 g/mol. The number of hydrogen-bond acceptors (Lipinski definition) is 6. The van der Waals surface area contributed by atoms with Gasteiger partial charge in [0.25, 0.3) is 0 Å². The van der Waals surface area contributed by atoms with Crippen molar-refractivity contribution in [1.82, 2.24) is 4.90 Å². The van der Waals surface area contributed by atoms with Gasteiger partial charge in [-0.3, -0.25) is 4.79 Å². The summed E-state index contributed by atoms with van der Waals surface area (Å²) in [4.78, 5) is 15.2. The third-order valence-corrected chi connectivity index (χ3v) is 5.46. The molecule has 1 aliphatic heterocycles. The summed E-state index contributed by atoms with van der Waals surface area (Å²) in [6.45, 7) is 5.11. The molecule has 0 bridgehead atoms. The van der Waals surface area contributed by atoms with Crippen LogP contribution in [0.4, 0.5) is 0 Å². The van der Waals surface area contributed by atoms with Crippen molar-refractivity contribution in [3.05, 3.63) is 52.5 Å². The Balaban J connectivity index is 2.26. The summed E-state index contributed by atoms with van der Waals surface area (Å²) in [6.07, 6.45) is 1.15. The molecule has 2 N–H and O–H groups in total. The molecule has 148 valence electrons. The molecule has 1 heterocycles. The fourth-order valence-electron chi connectivity index (χ4n) is 4.23. The highest BCUT2D eigenvalue weighted by molar-refractivity contribution is 6.00. The molecule has 2 aliphatic rings. The van der Waals surface area contributed by atoms with Crippen LogP contribution in [0.1, 0.15) is 38.2 Å². The van der Waals surface area contributed by atoms with E-state index in [9.17, 15) is 10.1 Å².